The van der Waals surface area contributed by atoms with Crippen LogP contribution in [0.15, 0.2) is 28.3 Å². The second-order valence-electron chi connectivity index (χ2n) is 7.87. The zero-order valence-corrected chi connectivity index (χ0v) is 16.7. The van der Waals surface area contributed by atoms with E-state index in [9.17, 15) is 18.0 Å². The molecule has 2 fully saturated rings. The van der Waals surface area contributed by atoms with Gasteiger partial charge in [0.25, 0.3) is 15.9 Å². The van der Waals surface area contributed by atoms with E-state index in [1.54, 1.807) is 28.2 Å². The Morgan fingerprint density at radius 1 is 1.00 bits per heavy atom. The van der Waals surface area contributed by atoms with Gasteiger partial charge < -0.3 is 14.7 Å². The number of rotatable bonds is 3. The Morgan fingerprint density at radius 2 is 1.68 bits per heavy atom. The third kappa shape index (κ3) is 4.14. The number of piperazine rings is 1. The third-order valence-corrected chi connectivity index (χ3v) is 7.09. The predicted molar refractivity (Wildman–Crippen MR) is 105 cm³/mol. The molecule has 0 aromatic heterocycles. The van der Waals surface area contributed by atoms with Gasteiger partial charge in [-0.2, -0.15) is 0 Å². The minimum Gasteiger partial charge on any atom is -0.339 e. The lowest BCUT2D eigenvalue weighted by atomic mass is 10.0. The highest BCUT2D eigenvalue weighted by Crippen LogP contribution is 2.28. The highest BCUT2D eigenvalue weighted by atomic mass is 32.2. The van der Waals surface area contributed by atoms with Crippen molar-refractivity contribution in [2.45, 2.75) is 32.1 Å². The van der Waals surface area contributed by atoms with Crippen LogP contribution in [0.2, 0.25) is 0 Å². The number of fused-ring (bicyclic) bond motifs is 1. The van der Waals surface area contributed by atoms with Gasteiger partial charge in [0.1, 0.15) is 5.84 Å². The van der Waals surface area contributed by atoms with Gasteiger partial charge in [0.05, 0.1) is 11.3 Å². The summed E-state index contributed by atoms with van der Waals surface area (Å²) in [5.41, 5.74) is 0.518. The molecule has 1 saturated heterocycles. The molecule has 0 N–H and O–H groups in total. The zero-order valence-electron chi connectivity index (χ0n) is 15.9. The Hall–Kier alpha value is -2.16. The maximum absolute atomic E-state index is 12.8. The van der Waals surface area contributed by atoms with Crippen molar-refractivity contribution in [1.82, 2.24) is 14.7 Å². The van der Waals surface area contributed by atoms with E-state index in [1.165, 1.54) is 12.8 Å². The Morgan fingerprint density at radius 3 is 2.39 bits per heavy atom. The van der Waals surface area contributed by atoms with E-state index in [-0.39, 0.29) is 17.6 Å². The van der Waals surface area contributed by atoms with Gasteiger partial charge in [0.2, 0.25) is 5.91 Å². The largest absolute Gasteiger partial charge is 0.339 e. The van der Waals surface area contributed by atoms with Crippen LogP contribution < -0.4 is 0 Å². The van der Waals surface area contributed by atoms with Crippen molar-refractivity contribution >= 4 is 27.7 Å². The van der Waals surface area contributed by atoms with Crippen LogP contribution in [-0.4, -0.2) is 79.2 Å². The Balaban J connectivity index is 1.33. The van der Waals surface area contributed by atoms with Crippen molar-refractivity contribution in [3.05, 3.63) is 23.9 Å². The predicted octanol–water partition coefficient (Wildman–Crippen LogP) is 0.735. The molecule has 0 bridgehead atoms. The summed E-state index contributed by atoms with van der Waals surface area (Å²) in [5, 5.41) is 0. The molecule has 0 aromatic rings. The number of sulfonamides is 1. The number of amidine groups is 1. The smallest absolute Gasteiger partial charge is 0.256 e. The van der Waals surface area contributed by atoms with E-state index in [2.05, 4.69) is 4.40 Å². The van der Waals surface area contributed by atoms with E-state index in [0.717, 1.165) is 12.8 Å². The first-order valence-electron chi connectivity index (χ1n) is 9.97. The number of carbonyl (C=O) groups is 2. The highest BCUT2D eigenvalue weighted by molar-refractivity contribution is 7.90. The van der Waals surface area contributed by atoms with Crippen molar-refractivity contribution in [2.24, 2.45) is 10.3 Å². The van der Waals surface area contributed by atoms with Gasteiger partial charge in [-0.15, -0.1) is 4.40 Å². The summed E-state index contributed by atoms with van der Waals surface area (Å²) in [7, 11) is -3.40. The van der Waals surface area contributed by atoms with Crippen molar-refractivity contribution in [1.29, 1.82) is 0 Å². The van der Waals surface area contributed by atoms with Gasteiger partial charge >= 0.3 is 0 Å². The first kappa shape index (κ1) is 19.2. The van der Waals surface area contributed by atoms with Crippen LogP contribution in [0.4, 0.5) is 0 Å². The molecule has 0 aromatic carbocycles. The molecule has 0 spiro atoms. The van der Waals surface area contributed by atoms with E-state index < -0.39 is 10.0 Å². The zero-order chi connectivity index (χ0) is 19.7. The Labute approximate surface area is 165 Å². The molecule has 152 valence electrons. The van der Waals surface area contributed by atoms with E-state index in [4.69, 9.17) is 0 Å². The average molecular weight is 407 g/mol. The Kier molecular flexibility index (Phi) is 5.27. The molecule has 3 heterocycles. The molecule has 4 aliphatic rings. The summed E-state index contributed by atoms with van der Waals surface area (Å²) in [6.45, 7) is 2.49. The molecule has 8 nitrogen and oxygen atoms in total. The van der Waals surface area contributed by atoms with Crippen molar-refractivity contribution < 1.29 is 18.0 Å². The lowest BCUT2D eigenvalue weighted by molar-refractivity contribution is -0.138. The fourth-order valence-corrected chi connectivity index (χ4v) is 5.23. The first-order valence-corrected chi connectivity index (χ1v) is 11.6. The Bertz CT molecular complexity index is 847. The maximum Gasteiger partial charge on any atom is 0.256 e. The summed E-state index contributed by atoms with van der Waals surface area (Å²) in [6.07, 6.45) is 10.3. The van der Waals surface area contributed by atoms with Crippen molar-refractivity contribution in [2.75, 3.05) is 38.5 Å². The molecule has 9 heteroatoms. The first-order chi connectivity index (χ1) is 13.4. The van der Waals surface area contributed by atoms with Crippen molar-refractivity contribution in [3.63, 3.8) is 0 Å². The summed E-state index contributed by atoms with van der Waals surface area (Å²) in [6, 6.07) is 0. The lowest BCUT2D eigenvalue weighted by Crippen LogP contribution is -2.51. The fraction of sp³-hybridized carbons (Fsp3) is 0.632. The van der Waals surface area contributed by atoms with Gasteiger partial charge in [-0.25, -0.2) is 8.42 Å². The standard InChI is InChI=1S/C19H26N4O4S/c24-18(13-15-3-1-2-4-15)21-7-9-22(10-8-21)19(25)16-5-6-17-20-28(26,27)12-11-23(17)14-16/h5-6,14-15H,1-4,7-13H2. The van der Waals surface area contributed by atoms with Gasteiger partial charge in [0.15, 0.2) is 0 Å². The number of hydrogen-bond acceptors (Lipinski definition) is 5. The van der Waals surface area contributed by atoms with Gasteiger partial charge in [0, 0.05) is 45.3 Å². The molecule has 0 radical (unpaired) electrons. The second-order valence-corrected chi connectivity index (χ2v) is 9.63. The molecule has 4 rings (SSSR count). The molecule has 1 aliphatic carbocycles. The van der Waals surface area contributed by atoms with Crippen LogP contribution in [0.1, 0.15) is 32.1 Å². The number of nitrogens with zero attached hydrogens (tertiary/aromatic N) is 4. The maximum atomic E-state index is 12.8. The average Bonchev–Trinajstić information content (AvgIpc) is 3.19. The van der Waals surface area contributed by atoms with Crippen LogP contribution in [0.25, 0.3) is 0 Å². The summed E-state index contributed by atoms with van der Waals surface area (Å²) < 4.78 is 26.9. The lowest BCUT2D eigenvalue weighted by Gasteiger charge is -2.36. The second kappa shape index (κ2) is 7.69. The molecule has 3 aliphatic heterocycles. The monoisotopic (exact) mass is 406 g/mol. The number of amides is 2. The minimum absolute atomic E-state index is 0.0515. The van der Waals surface area contributed by atoms with Crippen LogP contribution in [-0.2, 0) is 19.6 Å². The fourth-order valence-electron chi connectivity index (χ4n) is 4.26. The van der Waals surface area contributed by atoms with Crippen molar-refractivity contribution in [3.8, 4) is 0 Å². The van der Waals surface area contributed by atoms with Crippen LogP contribution in [0, 0.1) is 5.92 Å². The molecule has 2 amide bonds. The summed E-state index contributed by atoms with van der Waals surface area (Å²) in [4.78, 5) is 30.7. The third-order valence-electron chi connectivity index (χ3n) is 5.93. The number of hydrogen-bond donors (Lipinski definition) is 0. The molecule has 28 heavy (non-hydrogen) atoms. The van der Waals surface area contributed by atoms with Gasteiger partial charge in [-0.3, -0.25) is 9.59 Å². The van der Waals surface area contributed by atoms with E-state index >= 15 is 0 Å². The van der Waals surface area contributed by atoms with Gasteiger partial charge in [-0.05, 0) is 30.9 Å². The van der Waals surface area contributed by atoms with Crippen LogP contribution >= 0.6 is 0 Å². The quantitative estimate of drug-likeness (QED) is 0.689. The molecular weight excluding hydrogens is 380 g/mol. The van der Waals surface area contributed by atoms with Crippen LogP contribution in [0.5, 0.6) is 0 Å². The molecule has 1 saturated carbocycles. The molecular formula is C19H26N4O4S. The molecule has 0 atom stereocenters. The summed E-state index contributed by atoms with van der Waals surface area (Å²) >= 11 is 0. The summed E-state index contributed by atoms with van der Waals surface area (Å²) in [5.74, 6) is 0.959. The topological polar surface area (TPSA) is 90.4 Å². The molecule has 0 unspecified atom stereocenters. The number of carbonyl (C=O) groups excluding carboxylic acids is 2. The van der Waals surface area contributed by atoms with E-state index in [1.807, 2.05) is 4.90 Å². The van der Waals surface area contributed by atoms with Gasteiger partial charge in [-0.1, -0.05) is 12.8 Å². The van der Waals surface area contributed by atoms with E-state index in [0.29, 0.717) is 56.5 Å². The normalized spacial score (nSPS) is 24.6. The SMILES string of the molecule is O=C(CC1CCCC1)N1CCN(C(=O)C2=CN3CCS(=O)(=O)N=C3C=C2)CC1. The highest BCUT2D eigenvalue weighted by Gasteiger charge is 2.30. The minimum atomic E-state index is -3.40. The van der Waals surface area contributed by atoms with Crippen LogP contribution in [0.3, 0.4) is 0 Å².